The molecule has 1 aromatic carbocycles. The van der Waals surface area contributed by atoms with Gasteiger partial charge in [-0.3, -0.25) is 4.90 Å². The molecular weight excluding hydrogens is 341 g/mol. The lowest BCUT2D eigenvalue weighted by atomic mass is 9.89. The van der Waals surface area contributed by atoms with Crippen LogP contribution >= 0.6 is 0 Å². The lowest BCUT2D eigenvalue weighted by Gasteiger charge is -2.39. The molecule has 2 saturated carbocycles. The van der Waals surface area contributed by atoms with Gasteiger partial charge in [0.05, 0.1) is 17.1 Å². The number of rotatable bonds is 3. The highest BCUT2D eigenvalue weighted by atomic mass is 19.1. The van der Waals surface area contributed by atoms with E-state index in [2.05, 4.69) is 26.3 Å². The van der Waals surface area contributed by atoms with Gasteiger partial charge in [0, 0.05) is 30.6 Å². The van der Waals surface area contributed by atoms with Gasteiger partial charge in [0.15, 0.2) is 0 Å². The van der Waals surface area contributed by atoms with Gasteiger partial charge in [-0.15, -0.1) is 0 Å². The number of aromatic nitrogens is 2. The van der Waals surface area contributed by atoms with Crippen LogP contribution in [0, 0.1) is 23.2 Å². The van der Waals surface area contributed by atoms with E-state index in [1.807, 2.05) is 12.1 Å². The van der Waals surface area contributed by atoms with Crippen LogP contribution < -0.4 is 5.32 Å². The highest BCUT2D eigenvalue weighted by molar-refractivity contribution is 5.89. The number of likely N-dealkylation sites (tertiary alicyclic amines) is 1. The Morgan fingerprint density at radius 3 is 2.78 bits per heavy atom. The first-order chi connectivity index (χ1) is 13.2. The average Bonchev–Trinajstić information content (AvgIpc) is 3.50. The van der Waals surface area contributed by atoms with Crippen LogP contribution in [0.3, 0.4) is 0 Å². The summed E-state index contributed by atoms with van der Waals surface area (Å²) < 4.78 is 13.4. The third kappa shape index (κ3) is 3.14. The molecule has 1 aliphatic heterocycles. The third-order valence-corrected chi connectivity index (χ3v) is 6.69. The van der Waals surface area contributed by atoms with E-state index in [-0.39, 0.29) is 0 Å². The zero-order chi connectivity index (χ0) is 18.4. The lowest BCUT2D eigenvalue weighted by molar-refractivity contribution is 0.0822. The number of nitrogens with zero attached hydrogens (tertiary/aromatic N) is 4. The van der Waals surface area contributed by atoms with Gasteiger partial charge in [-0.2, -0.15) is 5.26 Å². The summed E-state index contributed by atoms with van der Waals surface area (Å²) in [6.07, 6.45) is 5.93. The zero-order valence-corrected chi connectivity index (χ0v) is 15.3. The van der Waals surface area contributed by atoms with Crippen molar-refractivity contribution in [3.63, 3.8) is 0 Å². The van der Waals surface area contributed by atoms with E-state index < -0.39 is 6.17 Å². The molecule has 3 aliphatic rings. The van der Waals surface area contributed by atoms with Gasteiger partial charge in [-0.25, -0.2) is 14.4 Å². The van der Waals surface area contributed by atoms with Crippen molar-refractivity contribution in [1.82, 2.24) is 14.9 Å². The van der Waals surface area contributed by atoms with Crippen LogP contribution in [0.2, 0.25) is 0 Å². The average molecular weight is 365 g/mol. The van der Waals surface area contributed by atoms with Crippen molar-refractivity contribution in [2.45, 2.75) is 50.4 Å². The molecule has 1 N–H and O–H groups in total. The Labute approximate surface area is 158 Å². The Bertz CT molecular complexity index is 886. The van der Waals surface area contributed by atoms with Crippen LogP contribution in [0.25, 0.3) is 10.9 Å². The van der Waals surface area contributed by atoms with E-state index in [1.165, 1.54) is 12.8 Å². The number of benzene rings is 1. The van der Waals surface area contributed by atoms with Crippen molar-refractivity contribution in [2.75, 3.05) is 18.4 Å². The van der Waals surface area contributed by atoms with Gasteiger partial charge in [0.25, 0.3) is 0 Å². The molecule has 1 aromatic heterocycles. The molecule has 2 aliphatic carbocycles. The minimum atomic E-state index is -0.599. The molecule has 2 aromatic rings. The Hall–Kier alpha value is -2.26. The van der Waals surface area contributed by atoms with Crippen LogP contribution in [-0.2, 0) is 0 Å². The fraction of sp³-hybridized carbons (Fsp3) is 0.571. The van der Waals surface area contributed by atoms with Gasteiger partial charge in [0.2, 0.25) is 0 Å². The number of hydrogen-bond donors (Lipinski definition) is 1. The number of piperidine rings is 1. The third-order valence-electron chi connectivity index (χ3n) is 6.69. The predicted molar refractivity (Wildman–Crippen MR) is 102 cm³/mol. The minimum absolute atomic E-state index is 0.425. The van der Waals surface area contributed by atoms with Crippen LogP contribution in [0.1, 0.15) is 37.7 Å². The van der Waals surface area contributed by atoms with Gasteiger partial charge < -0.3 is 5.32 Å². The predicted octanol–water partition coefficient (Wildman–Crippen LogP) is 3.51. The van der Waals surface area contributed by atoms with Crippen molar-refractivity contribution < 1.29 is 4.39 Å². The number of nitriles is 1. The highest BCUT2D eigenvalue weighted by Crippen LogP contribution is 2.52. The SMILES string of the molecule is N#Cc1ccc2ncnc(N[C@H]3CC[C@H](N4CCC(F)CC4)[C@@H]4C[C@@H]43)c2c1. The quantitative estimate of drug-likeness (QED) is 0.902. The first kappa shape index (κ1) is 16.9. The summed E-state index contributed by atoms with van der Waals surface area (Å²) in [5.74, 6) is 2.25. The molecule has 2 heterocycles. The maximum Gasteiger partial charge on any atom is 0.137 e. The standard InChI is InChI=1S/C21H24FN5/c22-14-5-7-27(8-6-14)20-4-3-19(15-10-16(15)20)26-21-17-9-13(11-23)1-2-18(17)24-12-25-21/h1-2,9,12,14-16,19-20H,3-8,10H2,(H,24,25,26)/t15-,16+,19-,20-/m0/s1. The molecule has 5 rings (SSSR count). The molecule has 3 fully saturated rings. The molecule has 1 saturated heterocycles. The van der Waals surface area contributed by atoms with Crippen molar-refractivity contribution >= 4 is 16.7 Å². The van der Waals surface area contributed by atoms with Crippen LogP contribution in [-0.4, -0.2) is 46.2 Å². The van der Waals surface area contributed by atoms with Crippen LogP contribution in [0.15, 0.2) is 24.5 Å². The molecule has 6 heteroatoms. The topological polar surface area (TPSA) is 64.8 Å². The molecule has 0 spiro atoms. The van der Waals surface area contributed by atoms with Crippen LogP contribution in [0.4, 0.5) is 10.2 Å². The van der Waals surface area contributed by atoms with E-state index in [1.54, 1.807) is 12.4 Å². The summed E-state index contributed by atoms with van der Waals surface area (Å²) in [5, 5.41) is 13.8. The molecule has 0 amide bonds. The Morgan fingerprint density at radius 1 is 1.11 bits per heavy atom. The summed E-state index contributed by atoms with van der Waals surface area (Å²) >= 11 is 0. The molecule has 0 bridgehead atoms. The molecule has 27 heavy (non-hydrogen) atoms. The van der Waals surface area contributed by atoms with Gasteiger partial charge in [0.1, 0.15) is 18.3 Å². The van der Waals surface area contributed by atoms with Crippen molar-refractivity contribution in [3.8, 4) is 6.07 Å². The largest absolute Gasteiger partial charge is 0.366 e. The van der Waals surface area contributed by atoms with E-state index >= 15 is 0 Å². The molecular formula is C21H24FN5. The Kier molecular flexibility index (Phi) is 4.20. The fourth-order valence-corrected chi connectivity index (χ4v) is 5.17. The second-order valence-corrected chi connectivity index (χ2v) is 8.24. The molecule has 0 unspecified atom stereocenters. The lowest BCUT2D eigenvalue weighted by Crippen LogP contribution is -2.46. The summed E-state index contributed by atoms with van der Waals surface area (Å²) in [7, 11) is 0. The van der Waals surface area contributed by atoms with E-state index in [9.17, 15) is 9.65 Å². The van der Waals surface area contributed by atoms with E-state index in [0.717, 1.165) is 42.1 Å². The van der Waals surface area contributed by atoms with Crippen molar-refractivity contribution in [3.05, 3.63) is 30.1 Å². The maximum absolute atomic E-state index is 13.4. The molecule has 5 nitrogen and oxygen atoms in total. The van der Waals surface area contributed by atoms with E-state index in [0.29, 0.717) is 36.4 Å². The second-order valence-electron chi connectivity index (χ2n) is 8.24. The normalized spacial score (nSPS) is 31.3. The first-order valence-corrected chi connectivity index (χ1v) is 10.0. The number of nitrogens with one attached hydrogen (secondary N) is 1. The van der Waals surface area contributed by atoms with Gasteiger partial charge in [-0.1, -0.05) is 0 Å². The molecule has 140 valence electrons. The number of halogens is 1. The van der Waals surface area contributed by atoms with E-state index in [4.69, 9.17) is 0 Å². The van der Waals surface area contributed by atoms with Crippen molar-refractivity contribution in [2.24, 2.45) is 11.8 Å². The van der Waals surface area contributed by atoms with Crippen molar-refractivity contribution in [1.29, 1.82) is 5.26 Å². The second kappa shape index (κ2) is 6.72. The van der Waals surface area contributed by atoms with Crippen LogP contribution in [0.5, 0.6) is 0 Å². The van der Waals surface area contributed by atoms with Gasteiger partial charge in [-0.05, 0) is 62.1 Å². The Morgan fingerprint density at radius 2 is 1.96 bits per heavy atom. The smallest absolute Gasteiger partial charge is 0.137 e. The monoisotopic (exact) mass is 365 g/mol. The summed E-state index contributed by atoms with van der Waals surface area (Å²) in [4.78, 5) is 11.3. The summed E-state index contributed by atoms with van der Waals surface area (Å²) in [6, 6.07) is 8.80. The Balaban J connectivity index is 1.30. The number of hydrogen-bond acceptors (Lipinski definition) is 5. The maximum atomic E-state index is 13.4. The van der Waals surface area contributed by atoms with Gasteiger partial charge >= 0.3 is 0 Å². The highest BCUT2D eigenvalue weighted by Gasteiger charge is 2.52. The zero-order valence-electron chi connectivity index (χ0n) is 15.3. The summed E-state index contributed by atoms with van der Waals surface area (Å²) in [6.45, 7) is 1.83. The fourth-order valence-electron chi connectivity index (χ4n) is 5.17. The first-order valence-electron chi connectivity index (χ1n) is 10.0. The molecule has 4 atom stereocenters. The number of anilines is 1. The summed E-state index contributed by atoms with van der Waals surface area (Å²) in [5.41, 5.74) is 1.49. The molecule has 0 radical (unpaired) electrons. The number of alkyl halides is 1. The minimum Gasteiger partial charge on any atom is -0.366 e. The number of fused-ring (bicyclic) bond motifs is 2.